The second-order valence-corrected chi connectivity index (χ2v) is 9.43. The van der Waals surface area contributed by atoms with E-state index in [0.29, 0.717) is 17.4 Å². The van der Waals surface area contributed by atoms with Crippen LogP contribution in [0.15, 0.2) is 46.9 Å². The molecule has 1 aromatic heterocycles. The number of furan rings is 1. The Balaban J connectivity index is 0.000000752. The van der Waals surface area contributed by atoms with Gasteiger partial charge in [0.25, 0.3) is 0 Å². The summed E-state index contributed by atoms with van der Waals surface area (Å²) >= 11 is 0. The average Bonchev–Trinajstić information content (AvgIpc) is 3.33. The van der Waals surface area contributed by atoms with Crippen molar-refractivity contribution in [3.05, 3.63) is 65.6 Å². The van der Waals surface area contributed by atoms with Crippen LogP contribution in [0.25, 0.3) is 12.2 Å². The number of rotatable bonds is 8. The highest BCUT2D eigenvalue weighted by Gasteiger charge is 2.32. The molecule has 0 radical (unpaired) electrons. The van der Waals surface area contributed by atoms with Crippen LogP contribution >= 0.6 is 0 Å². The maximum absolute atomic E-state index is 6.02. The van der Waals surface area contributed by atoms with Gasteiger partial charge in [0.1, 0.15) is 17.6 Å². The Morgan fingerprint density at radius 1 is 1.11 bits per heavy atom. The van der Waals surface area contributed by atoms with Crippen molar-refractivity contribution in [1.82, 2.24) is 10.3 Å². The fourth-order valence-electron chi connectivity index (χ4n) is 4.43. The zero-order chi connectivity index (χ0) is 28.0. The molecule has 0 bridgehead atoms. The minimum absolute atomic E-state index is 0.307. The van der Waals surface area contributed by atoms with Crippen molar-refractivity contribution in [2.75, 3.05) is 31.1 Å². The summed E-state index contributed by atoms with van der Waals surface area (Å²) in [6.45, 7) is 26.0. The first-order valence-corrected chi connectivity index (χ1v) is 13.5. The largest absolute Gasteiger partial charge is 0.459 e. The third-order valence-corrected chi connectivity index (χ3v) is 6.28. The van der Waals surface area contributed by atoms with Gasteiger partial charge in [0.05, 0.1) is 0 Å². The van der Waals surface area contributed by atoms with Gasteiger partial charge in [-0.3, -0.25) is 4.90 Å². The van der Waals surface area contributed by atoms with Crippen molar-refractivity contribution in [2.45, 2.75) is 67.3 Å². The van der Waals surface area contributed by atoms with Crippen LogP contribution < -0.4 is 22.0 Å². The number of aryl methyl sites for hydroxylation is 2. The van der Waals surface area contributed by atoms with Gasteiger partial charge in [0.2, 0.25) is 0 Å². The Hall–Kier alpha value is -3.03. The number of hydrogen-bond donors (Lipinski definition) is 3. The second kappa shape index (κ2) is 16.7. The molecule has 3 rings (SSSR count). The van der Waals surface area contributed by atoms with Crippen LogP contribution in [0.1, 0.15) is 81.7 Å². The molecule has 2 heterocycles. The average molecular weight is 511 g/mol. The van der Waals surface area contributed by atoms with E-state index in [1.807, 2.05) is 19.9 Å². The smallest absolute Gasteiger partial charge is 0.161 e. The summed E-state index contributed by atoms with van der Waals surface area (Å²) in [6, 6.07) is 8.20. The van der Waals surface area contributed by atoms with E-state index in [-0.39, 0.29) is 6.04 Å². The lowest BCUT2D eigenvalue weighted by Gasteiger charge is -2.40. The third-order valence-electron chi connectivity index (χ3n) is 6.28. The molecule has 0 aliphatic carbocycles. The lowest BCUT2D eigenvalue weighted by atomic mass is 10.1. The molecule has 0 spiro atoms. The summed E-state index contributed by atoms with van der Waals surface area (Å²) in [4.78, 5) is 4.68. The predicted molar refractivity (Wildman–Crippen MR) is 161 cm³/mol. The predicted octanol–water partition coefficient (Wildman–Crippen LogP) is 6.25. The van der Waals surface area contributed by atoms with E-state index < -0.39 is 0 Å². The van der Waals surface area contributed by atoms with Crippen molar-refractivity contribution >= 4 is 23.7 Å². The maximum atomic E-state index is 6.02. The Labute approximate surface area is 225 Å². The van der Waals surface area contributed by atoms with Gasteiger partial charge in [-0.25, -0.2) is 5.84 Å². The molecule has 1 fully saturated rings. The molecule has 2 aromatic rings. The summed E-state index contributed by atoms with van der Waals surface area (Å²) in [5, 5.41) is 3.87. The molecule has 0 saturated carbocycles. The Kier molecular flexibility index (Phi) is 14.4. The first-order chi connectivity index (χ1) is 17.8. The molecule has 206 valence electrons. The topological polar surface area (TPSA) is 96.0 Å². The van der Waals surface area contributed by atoms with Gasteiger partial charge >= 0.3 is 0 Å². The number of hydrazine groups is 1. The normalized spacial score (nSPS) is 14.7. The number of anilines is 1. The lowest BCUT2D eigenvalue weighted by molar-refractivity contribution is 0.206. The van der Waals surface area contributed by atoms with Gasteiger partial charge in [-0.1, -0.05) is 78.8 Å². The Bertz CT molecular complexity index is 960. The number of piperazine rings is 1. The van der Waals surface area contributed by atoms with E-state index in [1.165, 1.54) is 29.7 Å². The molecule has 37 heavy (non-hydrogen) atoms. The molecule has 1 aromatic carbocycles. The number of amidine groups is 1. The Morgan fingerprint density at radius 2 is 1.76 bits per heavy atom. The van der Waals surface area contributed by atoms with Crippen LogP contribution in [0, 0.1) is 19.8 Å². The highest BCUT2D eigenvalue weighted by atomic mass is 16.3. The fourth-order valence-corrected chi connectivity index (χ4v) is 4.43. The van der Waals surface area contributed by atoms with Crippen LogP contribution in [0.3, 0.4) is 0 Å². The zero-order valence-electron chi connectivity index (χ0n) is 24.2. The van der Waals surface area contributed by atoms with Crippen molar-refractivity contribution in [1.29, 1.82) is 0 Å². The number of nitrogens with two attached hydrogens (primary N) is 2. The van der Waals surface area contributed by atoms with E-state index in [0.717, 1.165) is 37.7 Å². The standard InChI is InChI=1S/C22H30N6O.C6H14.C2H6/c1-5-17-14-20(29-19(17)6-2)21(22(25-23)26-24)28-11-9-27(10-12-28)18-13-15(3)7-8-16(18)4;1-4-5-6(2)3;1-2/h5-8,13-14,21H,1-2,9-12,23-24H2,3-4H3,(H,25,26);6H,4-5H2,1-3H3;1-2H3. The first-order valence-electron chi connectivity index (χ1n) is 13.5. The van der Waals surface area contributed by atoms with Crippen LogP contribution in [-0.2, 0) is 0 Å². The van der Waals surface area contributed by atoms with Gasteiger partial charge in [0, 0.05) is 37.4 Å². The molecule has 0 amide bonds. The molecule has 1 aliphatic rings. The summed E-state index contributed by atoms with van der Waals surface area (Å²) in [5.74, 6) is 14.1. The van der Waals surface area contributed by atoms with Gasteiger partial charge < -0.3 is 20.6 Å². The first kappa shape index (κ1) is 32.0. The van der Waals surface area contributed by atoms with Gasteiger partial charge in [-0.15, -0.1) is 0 Å². The van der Waals surface area contributed by atoms with Crippen molar-refractivity contribution in [3.63, 3.8) is 0 Å². The number of hydrazone groups is 1. The number of nitrogens with one attached hydrogen (secondary N) is 1. The zero-order valence-corrected chi connectivity index (χ0v) is 24.2. The molecule has 1 atom stereocenters. The summed E-state index contributed by atoms with van der Waals surface area (Å²) in [5.41, 5.74) is 7.34. The fraction of sp³-hybridized carbons (Fsp3) is 0.500. The van der Waals surface area contributed by atoms with Crippen LogP contribution in [0.4, 0.5) is 5.69 Å². The van der Waals surface area contributed by atoms with E-state index in [2.05, 4.69) is 86.3 Å². The van der Waals surface area contributed by atoms with E-state index in [4.69, 9.17) is 16.1 Å². The SMILES string of the molecule is C=Cc1cc(C(/C(=N/N)NN)N2CCN(c3cc(C)ccc3C)CC2)oc1C=C.CC.CCCC(C)C. The summed E-state index contributed by atoms with van der Waals surface area (Å²) in [7, 11) is 0. The Morgan fingerprint density at radius 3 is 2.19 bits per heavy atom. The molecule has 7 heteroatoms. The van der Waals surface area contributed by atoms with Gasteiger partial charge in [-0.05, 0) is 49.1 Å². The van der Waals surface area contributed by atoms with Crippen LogP contribution in [0.2, 0.25) is 0 Å². The lowest BCUT2D eigenvalue weighted by Crippen LogP contribution is -2.52. The van der Waals surface area contributed by atoms with E-state index in [1.54, 1.807) is 12.2 Å². The quantitative estimate of drug-likeness (QED) is 0.168. The van der Waals surface area contributed by atoms with Gasteiger partial charge in [0.15, 0.2) is 5.84 Å². The minimum Gasteiger partial charge on any atom is -0.459 e. The molecule has 7 nitrogen and oxygen atoms in total. The molecule has 5 N–H and O–H groups in total. The monoisotopic (exact) mass is 510 g/mol. The molecule has 1 saturated heterocycles. The number of nitrogens with zero attached hydrogens (tertiary/aromatic N) is 3. The molecular weight excluding hydrogens is 460 g/mol. The van der Waals surface area contributed by atoms with Crippen LogP contribution in [-0.4, -0.2) is 36.9 Å². The highest BCUT2D eigenvalue weighted by Crippen LogP contribution is 2.30. The van der Waals surface area contributed by atoms with Gasteiger partial charge in [-0.2, -0.15) is 5.10 Å². The number of benzene rings is 1. The van der Waals surface area contributed by atoms with Crippen molar-refractivity contribution in [2.24, 2.45) is 22.7 Å². The maximum Gasteiger partial charge on any atom is 0.161 e. The third kappa shape index (κ3) is 9.09. The second-order valence-electron chi connectivity index (χ2n) is 9.43. The summed E-state index contributed by atoms with van der Waals surface area (Å²) in [6.07, 6.45) is 6.12. The minimum atomic E-state index is -0.307. The van der Waals surface area contributed by atoms with Crippen molar-refractivity contribution in [3.8, 4) is 0 Å². The molecular formula is C30H50N6O. The molecule has 1 unspecified atom stereocenters. The van der Waals surface area contributed by atoms with Crippen LogP contribution in [0.5, 0.6) is 0 Å². The molecule has 1 aliphatic heterocycles. The number of hydrogen-bond acceptors (Lipinski definition) is 6. The van der Waals surface area contributed by atoms with E-state index >= 15 is 0 Å². The van der Waals surface area contributed by atoms with Crippen molar-refractivity contribution < 1.29 is 4.42 Å². The van der Waals surface area contributed by atoms with E-state index in [9.17, 15) is 0 Å². The highest BCUT2D eigenvalue weighted by molar-refractivity contribution is 5.87. The summed E-state index contributed by atoms with van der Waals surface area (Å²) < 4.78 is 6.02.